The monoisotopic (exact) mass is 332 g/mol. The molecule has 5 saturated carbocycles. The Balaban J connectivity index is 1.34. The van der Waals surface area contributed by atoms with E-state index in [0.29, 0.717) is 23.2 Å². The first-order valence-electron chi connectivity index (χ1n) is 10.3. The summed E-state index contributed by atoms with van der Waals surface area (Å²) in [4.78, 5) is 12.7. The summed E-state index contributed by atoms with van der Waals surface area (Å²) in [6.07, 6.45) is 10.2. The van der Waals surface area contributed by atoms with Crippen LogP contribution in [0, 0.1) is 40.4 Å². The van der Waals surface area contributed by atoms with E-state index >= 15 is 0 Å². The molecule has 5 rings (SSSR count). The summed E-state index contributed by atoms with van der Waals surface area (Å²) in [5.74, 6) is 4.03. The Morgan fingerprint density at radius 2 is 1.58 bits per heavy atom. The Labute approximate surface area is 147 Å². The summed E-state index contributed by atoms with van der Waals surface area (Å²) >= 11 is 0. The molecule has 0 aliphatic heterocycles. The lowest BCUT2D eigenvalue weighted by Gasteiger charge is -2.56. The van der Waals surface area contributed by atoms with Crippen LogP contribution >= 0.6 is 0 Å². The van der Waals surface area contributed by atoms with E-state index in [1.165, 1.54) is 44.9 Å². The average Bonchev–Trinajstić information content (AvgIpc) is 2.63. The summed E-state index contributed by atoms with van der Waals surface area (Å²) in [5.41, 5.74) is 7.01. The minimum atomic E-state index is 0.222. The van der Waals surface area contributed by atoms with E-state index in [2.05, 4.69) is 26.1 Å². The normalized spacial score (nSPS) is 48.7. The van der Waals surface area contributed by atoms with E-state index in [1.54, 1.807) is 0 Å². The van der Waals surface area contributed by atoms with Crippen LogP contribution in [-0.2, 0) is 4.79 Å². The number of hydrogen-bond donors (Lipinski definition) is 2. The fourth-order valence-corrected chi connectivity index (χ4v) is 7.58. The first-order valence-corrected chi connectivity index (χ1v) is 10.3. The Morgan fingerprint density at radius 1 is 1.04 bits per heavy atom. The molecule has 0 aromatic rings. The predicted octanol–water partition coefficient (Wildman–Crippen LogP) is 3.72. The summed E-state index contributed by atoms with van der Waals surface area (Å²) in [5, 5.41) is 3.29. The van der Waals surface area contributed by atoms with E-state index in [-0.39, 0.29) is 11.5 Å². The molecule has 0 spiro atoms. The van der Waals surface area contributed by atoms with Crippen molar-refractivity contribution in [3.05, 3.63) is 0 Å². The SMILES string of the molecule is C[C@H]1CC(C)(C)[C@H](CNC(=O)CC23CC4CC(CC(C4)C2)C3)[C@@H]1N. The van der Waals surface area contributed by atoms with E-state index in [1.807, 2.05) is 0 Å². The molecule has 0 heterocycles. The number of nitrogens with one attached hydrogen (secondary N) is 1. The molecule has 0 aromatic heterocycles. The molecule has 1 amide bonds. The molecule has 5 aliphatic rings. The van der Waals surface area contributed by atoms with Crippen LogP contribution in [0.1, 0.15) is 72.1 Å². The van der Waals surface area contributed by atoms with E-state index in [0.717, 1.165) is 30.7 Å². The number of amides is 1. The molecule has 0 aromatic carbocycles. The van der Waals surface area contributed by atoms with Gasteiger partial charge in [0.05, 0.1) is 0 Å². The zero-order valence-corrected chi connectivity index (χ0v) is 15.8. The zero-order valence-electron chi connectivity index (χ0n) is 15.8. The Morgan fingerprint density at radius 3 is 2.04 bits per heavy atom. The van der Waals surface area contributed by atoms with Crippen molar-refractivity contribution in [2.24, 2.45) is 46.2 Å². The van der Waals surface area contributed by atoms with E-state index in [9.17, 15) is 4.79 Å². The summed E-state index contributed by atoms with van der Waals surface area (Å²) in [6.45, 7) is 7.64. The largest absolute Gasteiger partial charge is 0.356 e. The van der Waals surface area contributed by atoms with Crippen molar-refractivity contribution in [3.63, 3.8) is 0 Å². The second-order valence-corrected chi connectivity index (χ2v) is 10.8. The van der Waals surface area contributed by atoms with Gasteiger partial charge in [-0.05, 0) is 85.4 Å². The minimum Gasteiger partial charge on any atom is -0.356 e. The molecule has 0 radical (unpaired) electrons. The van der Waals surface area contributed by atoms with Crippen molar-refractivity contribution in [3.8, 4) is 0 Å². The van der Waals surface area contributed by atoms with Crippen LogP contribution in [0.4, 0.5) is 0 Å². The van der Waals surface area contributed by atoms with Gasteiger partial charge < -0.3 is 11.1 Å². The topological polar surface area (TPSA) is 55.1 Å². The maximum atomic E-state index is 12.7. The van der Waals surface area contributed by atoms with Gasteiger partial charge in [-0.15, -0.1) is 0 Å². The Hall–Kier alpha value is -0.570. The third-order valence-electron chi connectivity index (χ3n) is 8.19. The maximum absolute atomic E-state index is 12.7. The van der Waals surface area contributed by atoms with Crippen molar-refractivity contribution in [2.75, 3.05) is 6.54 Å². The molecule has 24 heavy (non-hydrogen) atoms. The molecule has 3 nitrogen and oxygen atoms in total. The molecule has 5 aliphatic carbocycles. The van der Waals surface area contributed by atoms with Gasteiger partial charge in [-0.3, -0.25) is 4.79 Å². The smallest absolute Gasteiger partial charge is 0.220 e. The van der Waals surface area contributed by atoms with Gasteiger partial charge in [-0.2, -0.15) is 0 Å². The van der Waals surface area contributed by atoms with Gasteiger partial charge in [0.15, 0.2) is 0 Å². The lowest BCUT2D eigenvalue weighted by atomic mass is 9.49. The van der Waals surface area contributed by atoms with Gasteiger partial charge in [0, 0.05) is 19.0 Å². The molecule has 3 heteroatoms. The van der Waals surface area contributed by atoms with Crippen LogP contribution in [0.25, 0.3) is 0 Å². The molecule has 3 N–H and O–H groups in total. The number of carbonyl (C=O) groups excluding carboxylic acids is 1. The zero-order chi connectivity index (χ0) is 17.1. The highest BCUT2D eigenvalue weighted by molar-refractivity contribution is 5.76. The van der Waals surface area contributed by atoms with Gasteiger partial charge >= 0.3 is 0 Å². The third kappa shape index (κ3) is 2.91. The first kappa shape index (κ1) is 16.9. The molecular weight excluding hydrogens is 296 g/mol. The van der Waals surface area contributed by atoms with Crippen LogP contribution in [0.15, 0.2) is 0 Å². The Bertz CT molecular complexity index is 477. The summed E-state index contributed by atoms with van der Waals surface area (Å²) < 4.78 is 0. The minimum absolute atomic E-state index is 0.222. The third-order valence-corrected chi connectivity index (χ3v) is 8.19. The van der Waals surface area contributed by atoms with E-state index in [4.69, 9.17) is 5.73 Å². The van der Waals surface area contributed by atoms with Crippen molar-refractivity contribution >= 4 is 5.91 Å². The number of rotatable bonds is 4. The highest BCUT2D eigenvalue weighted by Gasteiger charge is 2.51. The molecule has 136 valence electrons. The second kappa shape index (κ2) is 5.72. The van der Waals surface area contributed by atoms with Crippen LogP contribution in [0.3, 0.4) is 0 Å². The fraction of sp³-hybridized carbons (Fsp3) is 0.952. The average molecular weight is 333 g/mol. The molecule has 3 atom stereocenters. The van der Waals surface area contributed by atoms with E-state index < -0.39 is 0 Å². The summed E-state index contributed by atoms with van der Waals surface area (Å²) in [6, 6.07) is 0.222. The van der Waals surface area contributed by atoms with Gasteiger partial charge in [0.1, 0.15) is 0 Å². The molecule has 4 bridgehead atoms. The van der Waals surface area contributed by atoms with Gasteiger partial charge in [0.25, 0.3) is 0 Å². The predicted molar refractivity (Wildman–Crippen MR) is 97.3 cm³/mol. The van der Waals surface area contributed by atoms with Crippen molar-refractivity contribution in [1.82, 2.24) is 5.32 Å². The van der Waals surface area contributed by atoms with Gasteiger partial charge in [-0.1, -0.05) is 20.8 Å². The highest BCUT2D eigenvalue weighted by Crippen LogP contribution is 2.61. The van der Waals surface area contributed by atoms with Crippen molar-refractivity contribution < 1.29 is 4.79 Å². The van der Waals surface area contributed by atoms with Crippen molar-refractivity contribution in [2.45, 2.75) is 78.2 Å². The Kier molecular flexibility index (Phi) is 4.02. The highest BCUT2D eigenvalue weighted by atomic mass is 16.1. The van der Waals surface area contributed by atoms with Crippen LogP contribution in [0.5, 0.6) is 0 Å². The molecular formula is C21H36N2O. The fourth-order valence-electron chi connectivity index (χ4n) is 7.58. The van der Waals surface area contributed by atoms with Crippen molar-refractivity contribution in [1.29, 1.82) is 0 Å². The lowest BCUT2D eigenvalue weighted by molar-refractivity contribution is -0.129. The molecule has 0 saturated heterocycles. The lowest BCUT2D eigenvalue weighted by Crippen LogP contribution is -2.49. The number of carbonyl (C=O) groups is 1. The standard InChI is InChI=1S/C21H36N2O/c1-13-7-20(2,3)17(19(13)22)12-23-18(24)11-21-8-14-4-15(9-21)6-16(5-14)10-21/h13-17,19H,4-12,22H2,1-3H3,(H,23,24)/t13-,14?,15?,16?,17+,19+,21?/m0/s1. The summed E-state index contributed by atoms with van der Waals surface area (Å²) in [7, 11) is 0. The molecule has 0 unspecified atom stereocenters. The number of hydrogen-bond acceptors (Lipinski definition) is 2. The van der Waals surface area contributed by atoms with Gasteiger partial charge in [0.2, 0.25) is 5.91 Å². The van der Waals surface area contributed by atoms with Crippen LogP contribution in [0.2, 0.25) is 0 Å². The quantitative estimate of drug-likeness (QED) is 0.824. The van der Waals surface area contributed by atoms with Gasteiger partial charge in [-0.25, -0.2) is 0 Å². The second-order valence-electron chi connectivity index (χ2n) is 10.8. The van der Waals surface area contributed by atoms with Crippen LogP contribution < -0.4 is 11.1 Å². The number of nitrogens with two attached hydrogens (primary N) is 1. The van der Waals surface area contributed by atoms with Crippen LogP contribution in [-0.4, -0.2) is 18.5 Å². The molecule has 5 fully saturated rings. The first-order chi connectivity index (χ1) is 11.3. The maximum Gasteiger partial charge on any atom is 0.220 e.